The minimum Gasteiger partial charge on any atom is -0.388 e. The van der Waals surface area contributed by atoms with E-state index in [1.165, 1.54) is 12.4 Å². The fraction of sp³-hybridized carbons (Fsp3) is 0.471. The Bertz CT molecular complexity index is 691. The average Bonchev–Trinajstić information content (AvgIpc) is 3.11. The lowest BCUT2D eigenvalue weighted by Crippen LogP contribution is -2.47. The van der Waals surface area contributed by atoms with Crippen LogP contribution in [0.1, 0.15) is 18.1 Å². The zero-order chi connectivity index (χ0) is 17.6. The van der Waals surface area contributed by atoms with Gasteiger partial charge in [-0.05, 0) is 12.0 Å². The molecule has 0 bridgehead atoms. The van der Waals surface area contributed by atoms with E-state index in [2.05, 4.69) is 10.00 Å². The highest BCUT2D eigenvalue weighted by atomic mass is 16.6. The summed E-state index contributed by atoms with van der Waals surface area (Å²) in [6, 6.07) is 9.70. The molecule has 1 N–H and O–H groups in total. The number of morpholine rings is 1. The van der Waals surface area contributed by atoms with Gasteiger partial charge in [-0.15, -0.1) is 0 Å². The molecule has 0 aliphatic carbocycles. The molecule has 2 aromatic rings. The predicted octanol–water partition coefficient (Wildman–Crippen LogP) is 1.62. The van der Waals surface area contributed by atoms with Crippen LogP contribution < -0.4 is 0 Å². The molecule has 0 spiro atoms. The quantitative estimate of drug-likeness (QED) is 0.605. The van der Waals surface area contributed by atoms with Crippen LogP contribution in [0.25, 0.3) is 0 Å². The van der Waals surface area contributed by atoms with Gasteiger partial charge in [-0.25, -0.2) is 0 Å². The summed E-state index contributed by atoms with van der Waals surface area (Å²) >= 11 is 0. The third-order valence-corrected chi connectivity index (χ3v) is 4.48. The van der Waals surface area contributed by atoms with Crippen LogP contribution >= 0.6 is 0 Å². The molecule has 2 unspecified atom stereocenters. The fourth-order valence-electron chi connectivity index (χ4n) is 3.07. The second-order valence-electron chi connectivity index (χ2n) is 6.15. The molecule has 8 heteroatoms. The largest absolute Gasteiger partial charge is 0.388 e. The summed E-state index contributed by atoms with van der Waals surface area (Å²) in [6.45, 7) is 3.26. The van der Waals surface area contributed by atoms with Crippen LogP contribution in [-0.2, 0) is 11.3 Å². The standard InChI is InChI=1S/C17H22N4O4/c22-17(14-4-2-1-3-5-14)10-15-13-25-9-8-19(15)6-7-20-12-16(11-18-20)21(23)24/h1-5,11-12,15,17,22H,6-10,13H2. The molecule has 0 saturated carbocycles. The van der Waals surface area contributed by atoms with Gasteiger partial charge in [0, 0.05) is 19.1 Å². The van der Waals surface area contributed by atoms with Gasteiger partial charge in [-0.3, -0.25) is 19.7 Å². The first-order valence-corrected chi connectivity index (χ1v) is 8.35. The Morgan fingerprint density at radius 1 is 1.36 bits per heavy atom. The van der Waals surface area contributed by atoms with Gasteiger partial charge >= 0.3 is 5.69 Å². The van der Waals surface area contributed by atoms with E-state index in [-0.39, 0.29) is 11.7 Å². The number of aromatic nitrogens is 2. The van der Waals surface area contributed by atoms with Crippen LogP contribution in [0.15, 0.2) is 42.7 Å². The molecule has 25 heavy (non-hydrogen) atoms. The van der Waals surface area contributed by atoms with E-state index in [1.807, 2.05) is 30.3 Å². The van der Waals surface area contributed by atoms with E-state index in [0.29, 0.717) is 32.7 Å². The van der Waals surface area contributed by atoms with Crippen LogP contribution in [0.3, 0.4) is 0 Å². The summed E-state index contributed by atoms with van der Waals surface area (Å²) < 4.78 is 7.15. The maximum absolute atomic E-state index is 10.7. The minimum absolute atomic E-state index is 0.00183. The topological polar surface area (TPSA) is 93.7 Å². The number of benzene rings is 1. The first kappa shape index (κ1) is 17.5. The molecule has 2 atom stereocenters. The molecule has 8 nitrogen and oxygen atoms in total. The van der Waals surface area contributed by atoms with Crippen molar-refractivity contribution >= 4 is 5.69 Å². The monoisotopic (exact) mass is 346 g/mol. The van der Waals surface area contributed by atoms with Gasteiger partial charge in [-0.1, -0.05) is 30.3 Å². The SMILES string of the molecule is O=[N+]([O-])c1cnn(CCN2CCOCC2CC(O)c2ccccc2)c1. The molecule has 1 aromatic heterocycles. The molecule has 1 aliphatic rings. The minimum atomic E-state index is -0.541. The smallest absolute Gasteiger partial charge is 0.306 e. The van der Waals surface area contributed by atoms with Crippen molar-refractivity contribution in [3.05, 3.63) is 58.4 Å². The summed E-state index contributed by atoms with van der Waals surface area (Å²) in [7, 11) is 0. The Morgan fingerprint density at radius 3 is 2.88 bits per heavy atom. The van der Waals surface area contributed by atoms with Gasteiger partial charge in [0.2, 0.25) is 0 Å². The van der Waals surface area contributed by atoms with Gasteiger partial charge in [0.05, 0.1) is 30.8 Å². The zero-order valence-corrected chi connectivity index (χ0v) is 13.9. The van der Waals surface area contributed by atoms with E-state index < -0.39 is 11.0 Å². The summed E-state index contributed by atoms with van der Waals surface area (Å²) in [5.74, 6) is 0. The van der Waals surface area contributed by atoms with Crippen LogP contribution in [0.2, 0.25) is 0 Å². The number of ether oxygens (including phenoxy) is 1. The van der Waals surface area contributed by atoms with Crippen LogP contribution in [0, 0.1) is 10.1 Å². The second kappa shape index (κ2) is 8.19. The van der Waals surface area contributed by atoms with Crippen molar-refractivity contribution in [3.8, 4) is 0 Å². The van der Waals surface area contributed by atoms with E-state index >= 15 is 0 Å². The summed E-state index contributed by atoms with van der Waals surface area (Å²) in [6.07, 6.45) is 2.74. The number of nitro groups is 1. The fourth-order valence-corrected chi connectivity index (χ4v) is 3.07. The Kier molecular flexibility index (Phi) is 5.75. The first-order chi connectivity index (χ1) is 12.1. The number of hydrogen-bond acceptors (Lipinski definition) is 6. The molecule has 1 fully saturated rings. The molecular weight excluding hydrogens is 324 g/mol. The molecule has 3 rings (SSSR count). The third kappa shape index (κ3) is 4.62. The van der Waals surface area contributed by atoms with Crippen molar-refractivity contribution in [1.82, 2.24) is 14.7 Å². The van der Waals surface area contributed by atoms with Crippen molar-refractivity contribution in [1.29, 1.82) is 0 Å². The second-order valence-corrected chi connectivity index (χ2v) is 6.15. The number of rotatable bonds is 7. The van der Waals surface area contributed by atoms with Gasteiger partial charge in [0.15, 0.2) is 0 Å². The van der Waals surface area contributed by atoms with Crippen LogP contribution in [0.5, 0.6) is 0 Å². The van der Waals surface area contributed by atoms with Gasteiger partial charge in [0.25, 0.3) is 0 Å². The van der Waals surface area contributed by atoms with Crippen molar-refractivity contribution in [2.75, 3.05) is 26.3 Å². The molecule has 1 saturated heterocycles. The Hall–Kier alpha value is -2.29. The third-order valence-electron chi connectivity index (χ3n) is 4.48. The highest BCUT2D eigenvalue weighted by molar-refractivity contribution is 5.20. The van der Waals surface area contributed by atoms with Gasteiger partial charge in [-0.2, -0.15) is 5.10 Å². The van der Waals surface area contributed by atoms with E-state index in [4.69, 9.17) is 4.74 Å². The Morgan fingerprint density at radius 2 is 2.16 bits per heavy atom. The maximum atomic E-state index is 10.7. The van der Waals surface area contributed by atoms with Crippen molar-refractivity contribution in [2.24, 2.45) is 0 Å². The molecule has 134 valence electrons. The summed E-state index contributed by atoms with van der Waals surface area (Å²) in [5.41, 5.74) is 0.897. The Balaban J connectivity index is 1.57. The Labute approximate surface area is 145 Å². The van der Waals surface area contributed by atoms with Gasteiger partial charge < -0.3 is 9.84 Å². The van der Waals surface area contributed by atoms with E-state index in [9.17, 15) is 15.2 Å². The lowest BCUT2D eigenvalue weighted by atomic mass is 10.0. The van der Waals surface area contributed by atoms with Crippen LogP contribution in [0.4, 0.5) is 5.69 Å². The van der Waals surface area contributed by atoms with Crippen molar-refractivity contribution in [2.45, 2.75) is 25.1 Å². The van der Waals surface area contributed by atoms with E-state index in [1.54, 1.807) is 4.68 Å². The van der Waals surface area contributed by atoms with Gasteiger partial charge in [0.1, 0.15) is 12.4 Å². The molecule has 1 aromatic carbocycles. The number of nitrogens with zero attached hydrogens (tertiary/aromatic N) is 4. The zero-order valence-electron chi connectivity index (χ0n) is 13.9. The molecule has 0 radical (unpaired) electrons. The summed E-state index contributed by atoms with van der Waals surface area (Å²) in [5, 5.41) is 25.2. The first-order valence-electron chi connectivity index (χ1n) is 8.35. The highest BCUT2D eigenvalue weighted by Crippen LogP contribution is 2.22. The molecule has 0 amide bonds. The van der Waals surface area contributed by atoms with Crippen molar-refractivity contribution < 1.29 is 14.8 Å². The summed E-state index contributed by atoms with van der Waals surface area (Å²) in [4.78, 5) is 12.5. The lowest BCUT2D eigenvalue weighted by Gasteiger charge is -2.36. The number of hydrogen-bond donors (Lipinski definition) is 1. The predicted molar refractivity (Wildman–Crippen MR) is 91.1 cm³/mol. The van der Waals surface area contributed by atoms with E-state index in [0.717, 1.165) is 12.1 Å². The molecule has 1 aliphatic heterocycles. The normalized spacial score (nSPS) is 19.6. The lowest BCUT2D eigenvalue weighted by molar-refractivity contribution is -0.385. The van der Waals surface area contributed by atoms with Crippen LogP contribution in [-0.4, -0.2) is 57.1 Å². The number of aliphatic hydroxyl groups is 1. The van der Waals surface area contributed by atoms with Crippen molar-refractivity contribution in [3.63, 3.8) is 0 Å². The average molecular weight is 346 g/mol. The number of aliphatic hydroxyl groups excluding tert-OH is 1. The molecule has 2 heterocycles. The maximum Gasteiger partial charge on any atom is 0.306 e. The highest BCUT2D eigenvalue weighted by Gasteiger charge is 2.26. The molecular formula is C17H22N4O4.